The molecule has 0 aliphatic heterocycles. The number of hydrogen-bond donors (Lipinski definition) is 0. The average Bonchev–Trinajstić information content (AvgIpc) is 3.16. The molecule has 0 bridgehead atoms. The van der Waals surface area contributed by atoms with Gasteiger partial charge in [0.2, 0.25) is 0 Å². The fraction of sp³-hybridized carbons (Fsp3) is 0.143. The van der Waals surface area contributed by atoms with Gasteiger partial charge >= 0.3 is 0 Å². The van der Waals surface area contributed by atoms with E-state index in [-0.39, 0.29) is 5.41 Å². The van der Waals surface area contributed by atoms with Crippen LogP contribution in [-0.4, -0.2) is 4.57 Å². The number of aromatic nitrogens is 1. The summed E-state index contributed by atoms with van der Waals surface area (Å²) < 4.78 is 2.33. The summed E-state index contributed by atoms with van der Waals surface area (Å²) in [6.45, 7) is 4.72. The van der Waals surface area contributed by atoms with E-state index in [9.17, 15) is 0 Å². The minimum absolute atomic E-state index is 0.0138. The van der Waals surface area contributed by atoms with Gasteiger partial charge in [-0.1, -0.05) is 74.5 Å². The van der Waals surface area contributed by atoms with Crippen LogP contribution in [0, 0.1) is 0 Å². The Labute approximate surface area is 171 Å². The Kier molecular flexibility index (Phi) is 3.21. The molecular formula is C28H23N. The van der Waals surface area contributed by atoms with Gasteiger partial charge in [0, 0.05) is 34.3 Å². The second kappa shape index (κ2) is 5.61. The highest BCUT2D eigenvalue weighted by molar-refractivity contribution is 6.10. The molecule has 29 heavy (non-hydrogen) atoms. The van der Waals surface area contributed by atoms with Crippen molar-refractivity contribution < 1.29 is 0 Å². The molecule has 0 saturated heterocycles. The van der Waals surface area contributed by atoms with E-state index in [1.54, 1.807) is 0 Å². The number of rotatable bonds is 1. The summed E-state index contributed by atoms with van der Waals surface area (Å²) in [5.41, 5.74) is 10.8. The Morgan fingerprint density at radius 2 is 1.31 bits per heavy atom. The third kappa shape index (κ3) is 2.16. The largest absolute Gasteiger partial charge is 0.344 e. The molecule has 1 aliphatic rings. The summed E-state index contributed by atoms with van der Waals surface area (Å²) in [6, 6.07) is 31.2. The van der Waals surface area contributed by atoms with E-state index >= 15 is 0 Å². The van der Waals surface area contributed by atoms with Crippen molar-refractivity contribution in [3.63, 3.8) is 0 Å². The average molecular weight is 373 g/mol. The third-order valence-corrected chi connectivity index (χ3v) is 6.82. The van der Waals surface area contributed by atoms with E-state index in [1.165, 1.54) is 55.2 Å². The van der Waals surface area contributed by atoms with Crippen LogP contribution in [-0.2, 0) is 12.5 Å². The molecule has 0 unspecified atom stereocenters. The highest BCUT2D eigenvalue weighted by Gasteiger charge is 2.36. The SMILES string of the molecule is Cn1c2ccccc2c2cc3c(cc21)C(C)(C)c1cc(-c2ccccc2)ccc1-3. The predicted molar refractivity (Wildman–Crippen MR) is 123 cm³/mol. The van der Waals surface area contributed by atoms with Crippen LogP contribution in [0.15, 0.2) is 84.9 Å². The summed E-state index contributed by atoms with van der Waals surface area (Å²) in [7, 11) is 2.18. The summed E-state index contributed by atoms with van der Waals surface area (Å²) >= 11 is 0. The monoisotopic (exact) mass is 373 g/mol. The van der Waals surface area contributed by atoms with Gasteiger partial charge in [-0.3, -0.25) is 0 Å². The normalized spacial score (nSPS) is 14.3. The fourth-order valence-electron chi connectivity index (χ4n) is 5.20. The second-order valence-corrected chi connectivity index (χ2v) is 8.74. The van der Waals surface area contributed by atoms with E-state index in [0.717, 1.165) is 0 Å². The zero-order chi connectivity index (χ0) is 19.8. The van der Waals surface area contributed by atoms with Crippen molar-refractivity contribution in [2.24, 2.45) is 7.05 Å². The number of aryl methyl sites for hydroxylation is 1. The third-order valence-electron chi connectivity index (χ3n) is 6.82. The number of benzene rings is 4. The van der Waals surface area contributed by atoms with Gasteiger partial charge < -0.3 is 4.57 Å². The summed E-state index contributed by atoms with van der Waals surface area (Å²) in [6.07, 6.45) is 0. The molecule has 1 aliphatic carbocycles. The molecule has 0 spiro atoms. The Balaban J connectivity index is 1.64. The molecule has 1 heteroatoms. The van der Waals surface area contributed by atoms with Gasteiger partial charge in [-0.15, -0.1) is 0 Å². The van der Waals surface area contributed by atoms with Gasteiger partial charge in [0.25, 0.3) is 0 Å². The van der Waals surface area contributed by atoms with Crippen LogP contribution in [0.5, 0.6) is 0 Å². The molecule has 0 atom stereocenters. The molecule has 5 aromatic rings. The molecule has 1 aromatic heterocycles. The van der Waals surface area contributed by atoms with Gasteiger partial charge in [0.05, 0.1) is 0 Å². The maximum Gasteiger partial charge on any atom is 0.0492 e. The van der Waals surface area contributed by atoms with Crippen molar-refractivity contribution in [1.29, 1.82) is 0 Å². The molecule has 0 saturated carbocycles. The van der Waals surface area contributed by atoms with Crippen molar-refractivity contribution in [3.05, 3.63) is 96.1 Å². The number of fused-ring (bicyclic) bond motifs is 6. The fourth-order valence-corrected chi connectivity index (χ4v) is 5.20. The Morgan fingerprint density at radius 1 is 0.586 bits per heavy atom. The van der Waals surface area contributed by atoms with Gasteiger partial charge in [0.15, 0.2) is 0 Å². The quantitative estimate of drug-likeness (QED) is 0.290. The smallest absolute Gasteiger partial charge is 0.0492 e. The van der Waals surface area contributed by atoms with Gasteiger partial charge in [-0.25, -0.2) is 0 Å². The van der Waals surface area contributed by atoms with Gasteiger partial charge in [-0.2, -0.15) is 0 Å². The highest BCUT2D eigenvalue weighted by atomic mass is 14.9. The number of para-hydroxylation sites is 1. The molecular weight excluding hydrogens is 350 g/mol. The molecule has 6 rings (SSSR count). The minimum Gasteiger partial charge on any atom is -0.344 e. The molecule has 140 valence electrons. The molecule has 0 amide bonds. The van der Waals surface area contributed by atoms with Crippen LogP contribution in [0.1, 0.15) is 25.0 Å². The summed E-state index contributed by atoms with van der Waals surface area (Å²) in [5.74, 6) is 0. The number of nitrogens with zero attached hydrogens (tertiary/aromatic N) is 1. The van der Waals surface area contributed by atoms with Crippen molar-refractivity contribution in [2.45, 2.75) is 19.3 Å². The van der Waals surface area contributed by atoms with Gasteiger partial charge in [0.1, 0.15) is 0 Å². The Bertz CT molecular complexity index is 1420. The maximum atomic E-state index is 2.42. The number of hydrogen-bond acceptors (Lipinski definition) is 0. The van der Waals surface area contributed by atoms with Crippen molar-refractivity contribution in [3.8, 4) is 22.3 Å². The minimum atomic E-state index is -0.0138. The van der Waals surface area contributed by atoms with Crippen molar-refractivity contribution in [1.82, 2.24) is 4.57 Å². The van der Waals surface area contributed by atoms with E-state index in [0.29, 0.717) is 0 Å². The van der Waals surface area contributed by atoms with Crippen LogP contribution < -0.4 is 0 Å². The molecule has 0 N–H and O–H groups in total. The van der Waals surface area contributed by atoms with Crippen LogP contribution in [0.3, 0.4) is 0 Å². The van der Waals surface area contributed by atoms with Crippen LogP contribution in [0.2, 0.25) is 0 Å². The molecule has 4 aromatic carbocycles. The summed E-state index contributed by atoms with van der Waals surface area (Å²) in [5, 5.41) is 2.68. The molecule has 0 radical (unpaired) electrons. The Hall–Kier alpha value is -3.32. The summed E-state index contributed by atoms with van der Waals surface area (Å²) in [4.78, 5) is 0. The van der Waals surface area contributed by atoms with Crippen LogP contribution in [0.4, 0.5) is 0 Å². The first-order valence-electron chi connectivity index (χ1n) is 10.3. The molecule has 0 fully saturated rings. The molecule has 1 heterocycles. The van der Waals surface area contributed by atoms with Crippen molar-refractivity contribution >= 4 is 21.8 Å². The van der Waals surface area contributed by atoms with Crippen molar-refractivity contribution in [2.75, 3.05) is 0 Å². The zero-order valence-corrected chi connectivity index (χ0v) is 17.0. The predicted octanol–water partition coefficient (Wildman–Crippen LogP) is 7.30. The van der Waals surface area contributed by atoms with Crippen LogP contribution in [0.25, 0.3) is 44.1 Å². The lowest BCUT2D eigenvalue weighted by Gasteiger charge is -2.22. The topological polar surface area (TPSA) is 4.93 Å². The molecule has 1 nitrogen and oxygen atoms in total. The van der Waals surface area contributed by atoms with E-state index < -0.39 is 0 Å². The first kappa shape index (κ1) is 16.6. The van der Waals surface area contributed by atoms with Crippen LogP contribution >= 0.6 is 0 Å². The second-order valence-electron chi connectivity index (χ2n) is 8.74. The maximum absolute atomic E-state index is 2.42. The lowest BCUT2D eigenvalue weighted by molar-refractivity contribution is 0.661. The van der Waals surface area contributed by atoms with E-state index in [1.807, 2.05) is 0 Å². The first-order chi connectivity index (χ1) is 14.1. The zero-order valence-electron chi connectivity index (χ0n) is 17.0. The standard InChI is InChI=1S/C28H23N/c1-28(2)24-15-19(18-9-5-4-6-10-18)13-14-20(24)22-16-23-21-11-7-8-12-26(21)29(3)27(23)17-25(22)28/h4-17H,1-3H3. The lowest BCUT2D eigenvalue weighted by atomic mass is 9.81. The first-order valence-corrected chi connectivity index (χ1v) is 10.3. The van der Waals surface area contributed by atoms with E-state index in [2.05, 4.69) is 110 Å². The van der Waals surface area contributed by atoms with E-state index in [4.69, 9.17) is 0 Å². The Morgan fingerprint density at radius 3 is 2.14 bits per heavy atom. The lowest BCUT2D eigenvalue weighted by Crippen LogP contribution is -2.15. The van der Waals surface area contributed by atoms with Gasteiger partial charge in [-0.05, 0) is 57.6 Å². The highest BCUT2D eigenvalue weighted by Crippen LogP contribution is 2.51.